The maximum atomic E-state index is 11.2. The summed E-state index contributed by atoms with van der Waals surface area (Å²) in [6, 6.07) is 0. The summed E-state index contributed by atoms with van der Waals surface area (Å²) in [5.41, 5.74) is 0. The van der Waals surface area contributed by atoms with Gasteiger partial charge in [0, 0.05) is 51.4 Å². The van der Waals surface area contributed by atoms with Gasteiger partial charge >= 0.3 is 24.2 Å². The molecular formula is C24H40N2O11. The topological polar surface area (TPSA) is 161 Å². The molecule has 2 heterocycles. The summed E-state index contributed by atoms with van der Waals surface area (Å²) in [6.45, 7) is 14.4. The number of carbonyl (C=O) groups excluding carboxylic acids is 2. The number of carbonyl (C=O) groups is 4. The third kappa shape index (κ3) is 23.2. The van der Waals surface area contributed by atoms with Gasteiger partial charge in [-0.05, 0) is 27.7 Å². The summed E-state index contributed by atoms with van der Waals surface area (Å²) < 4.78 is 23.6. The minimum Gasteiger partial charge on any atom is -0.478 e. The SMILES string of the molecule is CC(C)OC(=O)O.CC(C)OC(=O)OC(=O)/C=C/CN1CCOCC1.O=C(O)/C=C/CN1CCOCC1. The molecule has 0 atom stereocenters. The predicted octanol–water partition coefficient (Wildman–Crippen LogP) is 2.01. The molecule has 0 amide bonds. The second-order valence-corrected chi connectivity index (χ2v) is 8.24. The lowest BCUT2D eigenvalue weighted by Gasteiger charge is -2.24. The zero-order valence-corrected chi connectivity index (χ0v) is 22.0. The predicted molar refractivity (Wildman–Crippen MR) is 132 cm³/mol. The third-order valence-electron chi connectivity index (χ3n) is 4.30. The summed E-state index contributed by atoms with van der Waals surface area (Å²) in [6.07, 6.45) is 3.03. The molecule has 0 aromatic carbocycles. The van der Waals surface area contributed by atoms with Crippen molar-refractivity contribution >= 4 is 24.2 Å². The molecule has 2 saturated heterocycles. The Morgan fingerprint density at radius 3 is 1.54 bits per heavy atom. The number of ether oxygens (including phenoxy) is 5. The van der Waals surface area contributed by atoms with E-state index in [4.69, 9.17) is 19.7 Å². The van der Waals surface area contributed by atoms with Crippen LogP contribution in [-0.4, -0.2) is 122 Å². The molecule has 2 fully saturated rings. The van der Waals surface area contributed by atoms with E-state index in [0.717, 1.165) is 39.4 Å². The summed E-state index contributed by atoms with van der Waals surface area (Å²) in [5, 5.41) is 16.2. The van der Waals surface area contributed by atoms with Crippen LogP contribution in [0.2, 0.25) is 0 Å². The van der Waals surface area contributed by atoms with Crippen molar-refractivity contribution in [3.63, 3.8) is 0 Å². The highest BCUT2D eigenvalue weighted by atomic mass is 16.7. The Kier molecular flexibility index (Phi) is 19.4. The number of esters is 1. The molecule has 13 nitrogen and oxygen atoms in total. The Hall–Kier alpha value is -3.00. The van der Waals surface area contributed by atoms with Crippen LogP contribution >= 0.6 is 0 Å². The van der Waals surface area contributed by atoms with E-state index in [1.165, 1.54) is 12.2 Å². The van der Waals surface area contributed by atoms with Crippen LogP contribution in [0.25, 0.3) is 0 Å². The Balaban J connectivity index is 0.000000586. The number of hydrogen-bond donors (Lipinski definition) is 2. The number of aliphatic carboxylic acids is 1. The van der Waals surface area contributed by atoms with Crippen LogP contribution < -0.4 is 0 Å². The Labute approximate surface area is 217 Å². The molecule has 2 rings (SSSR count). The molecule has 2 N–H and O–H groups in total. The van der Waals surface area contributed by atoms with Gasteiger partial charge < -0.3 is 33.9 Å². The van der Waals surface area contributed by atoms with Crippen molar-refractivity contribution in [2.24, 2.45) is 0 Å². The minimum absolute atomic E-state index is 0.225. The van der Waals surface area contributed by atoms with Crippen molar-refractivity contribution < 1.29 is 53.1 Å². The fraction of sp³-hybridized carbons (Fsp3) is 0.667. The van der Waals surface area contributed by atoms with Gasteiger partial charge in [-0.15, -0.1) is 0 Å². The second kappa shape index (κ2) is 21.1. The maximum absolute atomic E-state index is 11.2. The molecule has 0 radical (unpaired) electrons. The van der Waals surface area contributed by atoms with E-state index in [-0.39, 0.29) is 12.2 Å². The van der Waals surface area contributed by atoms with E-state index in [2.05, 4.69) is 24.0 Å². The number of carboxylic acids is 1. The lowest BCUT2D eigenvalue weighted by molar-refractivity contribution is -0.135. The molecule has 0 aromatic rings. The Morgan fingerprint density at radius 1 is 0.757 bits per heavy atom. The third-order valence-corrected chi connectivity index (χ3v) is 4.30. The molecule has 37 heavy (non-hydrogen) atoms. The van der Waals surface area contributed by atoms with Gasteiger partial charge in [0.1, 0.15) is 0 Å². The minimum atomic E-state index is -1.21. The van der Waals surface area contributed by atoms with Crippen LogP contribution in [0.15, 0.2) is 24.3 Å². The maximum Gasteiger partial charge on any atom is 0.516 e. The van der Waals surface area contributed by atoms with Crippen molar-refractivity contribution in [3.8, 4) is 0 Å². The molecule has 0 bridgehead atoms. The lowest BCUT2D eigenvalue weighted by Crippen LogP contribution is -2.36. The highest BCUT2D eigenvalue weighted by molar-refractivity contribution is 5.89. The molecule has 0 saturated carbocycles. The van der Waals surface area contributed by atoms with Crippen molar-refractivity contribution in [2.75, 3.05) is 65.7 Å². The first-order valence-electron chi connectivity index (χ1n) is 12.0. The van der Waals surface area contributed by atoms with Gasteiger partial charge in [-0.2, -0.15) is 0 Å². The monoisotopic (exact) mass is 532 g/mol. The van der Waals surface area contributed by atoms with Gasteiger partial charge in [0.2, 0.25) is 0 Å². The van der Waals surface area contributed by atoms with Crippen LogP contribution in [0.1, 0.15) is 27.7 Å². The molecule has 212 valence electrons. The summed E-state index contributed by atoms with van der Waals surface area (Å²) >= 11 is 0. The molecule has 0 unspecified atom stereocenters. The normalized spacial score (nSPS) is 16.5. The van der Waals surface area contributed by atoms with Gasteiger partial charge in [-0.1, -0.05) is 12.2 Å². The van der Waals surface area contributed by atoms with Gasteiger partial charge in [-0.3, -0.25) is 9.80 Å². The highest BCUT2D eigenvalue weighted by Crippen LogP contribution is 1.98. The van der Waals surface area contributed by atoms with Crippen LogP contribution in [0.5, 0.6) is 0 Å². The molecule has 0 spiro atoms. The standard InChI is InChI=1S/C12H19NO5.C8H13NO3.C4H8O3/c1-10(2)17-12(15)18-11(14)4-3-5-13-6-8-16-9-7-13;10-8(11)2-1-3-9-4-6-12-7-5-9;1-3(2)7-4(5)6/h3-4,10H,5-9H2,1-2H3;1-2H,3-7H2,(H,10,11);3H,1-2H3,(H,5,6)/b4-3+;2-1+;. The van der Waals surface area contributed by atoms with Crippen LogP contribution in [0.4, 0.5) is 9.59 Å². The van der Waals surface area contributed by atoms with Crippen LogP contribution in [0.3, 0.4) is 0 Å². The largest absolute Gasteiger partial charge is 0.516 e. The van der Waals surface area contributed by atoms with Gasteiger partial charge in [0.05, 0.1) is 38.6 Å². The Bertz CT molecular complexity index is 726. The van der Waals surface area contributed by atoms with Crippen molar-refractivity contribution in [1.29, 1.82) is 0 Å². The number of hydrogen-bond acceptors (Lipinski definition) is 11. The Morgan fingerprint density at radius 2 is 1.19 bits per heavy atom. The lowest BCUT2D eigenvalue weighted by atomic mass is 10.4. The average Bonchev–Trinajstić information content (AvgIpc) is 2.79. The fourth-order valence-electron chi connectivity index (χ4n) is 2.70. The van der Waals surface area contributed by atoms with Crippen LogP contribution in [0, 0.1) is 0 Å². The van der Waals surface area contributed by atoms with Gasteiger partial charge in [0.25, 0.3) is 0 Å². The first-order chi connectivity index (χ1) is 17.5. The van der Waals surface area contributed by atoms with Gasteiger partial charge in [0.15, 0.2) is 0 Å². The average molecular weight is 533 g/mol. The van der Waals surface area contributed by atoms with E-state index in [9.17, 15) is 19.2 Å². The second-order valence-electron chi connectivity index (χ2n) is 8.24. The van der Waals surface area contributed by atoms with E-state index >= 15 is 0 Å². The van der Waals surface area contributed by atoms with Crippen LogP contribution in [-0.2, 0) is 33.3 Å². The number of nitrogens with zero attached hydrogens (tertiary/aromatic N) is 2. The van der Waals surface area contributed by atoms with Crippen molar-refractivity contribution in [1.82, 2.24) is 9.80 Å². The number of carboxylic acid groups (broad SMARTS) is 2. The number of morpholine rings is 2. The van der Waals surface area contributed by atoms with E-state index in [0.29, 0.717) is 26.3 Å². The molecule has 2 aliphatic heterocycles. The van der Waals surface area contributed by atoms with Crippen molar-refractivity contribution in [2.45, 2.75) is 39.9 Å². The summed E-state index contributed by atoms with van der Waals surface area (Å²) in [7, 11) is 0. The zero-order valence-electron chi connectivity index (χ0n) is 22.0. The van der Waals surface area contributed by atoms with E-state index < -0.39 is 24.2 Å². The molecule has 13 heteroatoms. The molecule has 2 aliphatic rings. The van der Waals surface area contributed by atoms with E-state index in [1.807, 2.05) is 0 Å². The quantitative estimate of drug-likeness (QED) is 0.265. The first-order valence-corrected chi connectivity index (χ1v) is 12.0. The fourth-order valence-corrected chi connectivity index (χ4v) is 2.70. The first kappa shape index (κ1) is 34.0. The van der Waals surface area contributed by atoms with Crippen molar-refractivity contribution in [3.05, 3.63) is 24.3 Å². The molecule has 0 aliphatic carbocycles. The summed E-state index contributed by atoms with van der Waals surface area (Å²) in [4.78, 5) is 46.2. The number of rotatable bonds is 8. The highest BCUT2D eigenvalue weighted by Gasteiger charge is 2.12. The smallest absolute Gasteiger partial charge is 0.478 e. The molecule has 0 aromatic heterocycles. The van der Waals surface area contributed by atoms with Gasteiger partial charge in [-0.25, -0.2) is 19.2 Å². The summed E-state index contributed by atoms with van der Waals surface area (Å²) in [5.74, 6) is -1.60. The van der Waals surface area contributed by atoms with E-state index in [1.54, 1.807) is 39.8 Å². The molecular weight excluding hydrogens is 492 g/mol. The zero-order chi connectivity index (χ0) is 28.1.